The summed E-state index contributed by atoms with van der Waals surface area (Å²) in [7, 11) is 0. The fraction of sp³-hybridized carbons (Fsp3) is 1.00. The molecule has 0 bridgehead atoms. The molecule has 0 aliphatic heterocycles. The summed E-state index contributed by atoms with van der Waals surface area (Å²) in [6.45, 7) is 8.34. The molecule has 0 aliphatic rings. The van der Waals surface area contributed by atoms with E-state index in [0.717, 1.165) is 11.8 Å². The minimum Gasteiger partial charge on any atom is -0.313 e. The highest BCUT2D eigenvalue weighted by Crippen LogP contribution is 2.34. The molecule has 0 saturated carbocycles. The van der Waals surface area contributed by atoms with Gasteiger partial charge in [-0.1, -0.05) is 43.6 Å². The number of hydrogen-bond acceptors (Lipinski definition) is 3. The highest BCUT2D eigenvalue weighted by atomic mass is 79.9. The zero-order chi connectivity index (χ0) is 11.4. The summed E-state index contributed by atoms with van der Waals surface area (Å²) in [6.07, 6.45) is 0.874. The van der Waals surface area contributed by atoms with Crippen LogP contribution in [0.5, 0.6) is 0 Å². The number of halogens is 1. The van der Waals surface area contributed by atoms with Gasteiger partial charge in [0, 0.05) is 5.33 Å². The van der Waals surface area contributed by atoms with Crippen LogP contribution in [0.3, 0.4) is 0 Å². The van der Waals surface area contributed by atoms with Crippen LogP contribution in [0, 0.1) is 20.9 Å². The van der Waals surface area contributed by atoms with Crippen molar-refractivity contribution in [1.29, 1.82) is 0 Å². The SMILES string of the molecule is CC(C)(CBr)CC(C)(C)CO[N+](=O)[O-]. The van der Waals surface area contributed by atoms with Gasteiger partial charge in [0.05, 0.1) is 0 Å². The zero-order valence-electron chi connectivity index (χ0n) is 9.17. The lowest BCUT2D eigenvalue weighted by molar-refractivity contribution is -0.760. The molecule has 0 atom stereocenters. The monoisotopic (exact) mass is 267 g/mol. The molecule has 0 heterocycles. The Hall–Kier alpha value is -0.320. The van der Waals surface area contributed by atoms with Crippen molar-refractivity contribution in [2.24, 2.45) is 10.8 Å². The van der Waals surface area contributed by atoms with Crippen LogP contribution in [0.4, 0.5) is 0 Å². The molecule has 0 unspecified atom stereocenters. The molecule has 5 heteroatoms. The number of hydrogen-bond donors (Lipinski definition) is 0. The predicted octanol–water partition coefficient (Wildman–Crippen LogP) is 3.03. The first-order valence-corrected chi connectivity index (χ1v) is 5.64. The van der Waals surface area contributed by atoms with Crippen molar-refractivity contribution in [1.82, 2.24) is 0 Å². The molecular formula is C9H18BrNO3. The van der Waals surface area contributed by atoms with Gasteiger partial charge in [0.25, 0.3) is 5.09 Å². The van der Waals surface area contributed by atoms with Crippen LogP contribution in [0.1, 0.15) is 34.1 Å². The van der Waals surface area contributed by atoms with Gasteiger partial charge in [0.2, 0.25) is 0 Å². The average molecular weight is 268 g/mol. The second kappa shape index (κ2) is 4.96. The summed E-state index contributed by atoms with van der Waals surface area (Å²) >= 11 is 3.43. The summed E-state index contributed by atoms with van der Waals surface area (Å²) < 4.78 is 0. The summed E-state index contributed by atoms with van der Waals surface area (Å²) in [5.74, 6) is 0. The number of alkyl halides is 1. The fourth-order valence-corrected chi connectivity index (χ4v) is 1.82. The summed E-state index contributed by atoms with van der Waals surface area (Å²) in [5.41, 5.74) is -0.0478. The third-order valence-corrected chi connectivity index (χ3v) is 3.40. The zero-order valence-corrected chi connectivity index (χ0v) is 10.8. The van der Waals surface area contributed by atoms with Gasteiger partial charge in [0.15, 0.2) is 0 Å². The van der Waals surface area contributed by atoms with Crippen molar-refractivity contribution >= 4 is 15.9 Å². The van der Waals surface area contributed by atoms with E-state index in [4.69, 9.17) is 0 Å². The quantitative estimate of drug-likeness (QED) is 0.422. The molecule has 84 valence electrons. The van der Waals surface area contributed by atoms with E-state index in [1.807, 2.05) is 13.8 Å². The molecule has 0 saturated heterocycles. The molecule has 0 rings (SSSR count). The van der Waals surface area contributed by atoms with Gasteiger partial charge >= 0.3 is 0 Å². The maximum atomic E-state index is 10.1. The standard InChI is InChI=1S/C9H18BrNO3/c1-8(2,6-10)5-9(3,4)7-14-11(12)13/h5-7H2,1-4H3. The van der Waals surface area contributed by atoms with Crippen LogP contribution in [-0.4, -0.2) is 17.0 Å². The van der Waals surface area contributed by atoms with E-state index in [-0.39, 0.29) is 17.4 Å². The molecule has 0 aliphatic carbocycles. The minimum absolute atomic E-state index is 0.128. The topological polar surface area (TPSA) is 52.4 Å². The van der Waals surface area contributed by atoms with Gasteiger partial charge in [-0.3, -0.25) is 0 Å². The van der Waals surface area contributed by atoms with Crippen LogP contribution in [-0.2, 0) is 4.84 Å². The predicted molar refractivity (Wildman–Crippen MR) is 58.9 cm³/mol. The Morgan fingerprint density at radius 3 is 2.14 bits per heavy atom. The van der Waals surface area contributed by atoms with Gasteiger partial charge in [-0.25, -0.2) is 0 Å². The third-order valence-electron chi connectivity index (χ3n) is 1.88. The van der Waals surface area contributed by atoms with Crippen molar-refractivity contribution in [2.75, 3.05) is 11.9 Å². The molecule has 14 heavy (non-hydrogen) atoms. The Kier molecular flexibility index (Phi) is 4.84. The molecule has 0 aromatic heterocycles. The Morgan fingerprint density at radius 2 is 1.79 bits per heavy atom. The Bertz CT molecular complexity index is 204. The summed E-state index contributed by atoms with van der Waals surface area (Å²) in [4.78, 5) is 14.5. The van der Waals surface area contributed by atoms with Gasteiger partial charge in [-0.2, -0.15) is 0 Å². The van der Waals surface area contributed by atoms with Gasteiger partial charge in [-0.15, -0.1) is 10.1 Å². The van der Waals surface area contributed by atoms with E-state index in [1.165, 1.54) is 0 Å². The molecule has 0 aromatic carbocycles. The van der Waals surface area contributed by atoms with E-state index in [9.17, 15) is 10.1 Å². The lowest BCUT2D eigenvalue weighted by atomic mass is 9.77. The van der Waals surface area contributed by atoms with E-state index >= 15 is 0 Å². The molecule has 0 fully saturated rings. The lowest BCUT2D eigenvalue weighted by Gasteiger charge is -2.32. The van der Waals surface area contributed by atoms with Crippen molar-refractivity contribution in [3.63, 3.8) is 0 Å². The number of rotatable bonds is 6. The van der Waals surface area contributed by atoms with Crippen LogP contribution < -0.4 is 0 Å². The Labute approximate surface area is 93.2 Å². The molecular weight excluding hydrogens is 250 g/mol. The highest BCUT2D eigenvalue weighted by molar-refractivity contribution is 9.09. The third kappa shape index (κ3) is 6.18. The normalized spacial score (nSPS) is 12.6. The second-order valence-electron chi connectivity index (χ2n) is 5.14. The summed E-state index contributed by atoms with van der Waals surface area (Å²) in [6, 6.07) is 0. The van der Waals surface area contributed by atoms with Crippen molar-refractivity contribution in [2.45, 2.75) is 34.1 Å². The highest BCUT2D eigenvalue weighted by Gasteiger charge is 2.29. The van der Waals surface area contributed by atoms with Crippen LogP contribution in [0.15, 0.2) is 0 Å². The molecule has 4 nitrogen and oxygen atoms in total. The molecule has 0 N–H and O–H groups in total. The number of nitrogens with zero attached hydrogens (tertiary/aromatic N) is 1. The van der Waals surface area contributed by atoms with Crippen LogP contribution in [0.25, 0.3) is 0 Å². The van der Waals surface area contributed by atoms with Crippen molar-refractivity contribution < 1.29 is 9.92 Å². The first-order valence-electron chi connectivity index (χ1n) is 4.52. The van der Waals surface area contributed by atoms with Gasteiger partial charge in [-0.05, 0) is 17.3 Å². The van der Waals surface area contributed by atoms with Crippen molar-refractivity contribution in [3.05, 3.63) is 10.1 Å². The van der Waals surface area contributed by atoms with Gasteiger partial charge < -0.3 is 4.84 Å². The van der Waals surface area contributed by atoms with E-state index in [1.54, 1.807) is 0 Å². The van der Waals surface area contributed by atoms with Crippen molar-refractivity contribution in [3.8, 4) is 0 Å². The minimum atomic E-state index is -0.733. The smallest absolute Gasteiger partial charge is 0.294 e. The Morgan fingerprint density at radius 1 is 1.29 bits per heavy atom. The molecule has 0 amide bonds. The fourth-order valence-electron chi connectivity index (χ4n) is 1.62. The maximum absolute atomic E-state index is 10.1. The average Bonchev–Trinajstić information content (AvgIpc) is 1.99. The first-order chi connectivity index (χ1) is 6.18. The van der Waals surface area contributed by atoms with E-state index < -0.39 is 5.09 Å². The lowest BCUT2D eigenvalue weighted by Crippen LogP contribution is -2.29. The van der Waals surface area contributed by atoms with Crippen LogP contribution >= 0.6 is 15.9 Å². The summed E-state index contributed by atoms with van der Waals surface area (Å²) in [5, 5.41) is 10.2. The molecule has 0 spiro atoms. The largest absolute Gasteiger partial charge is 0.313 e. The maximum Gasteiger partial charge on any atom is 0.294 e. The van der Waals surface area contributed by atoms with E-state index in [2.05, 4.69) is 34.6 Å². The molecule has 0 radical (unpaired) electrons. The van der Waals surface area contributed by atoms with E-state index in [0.29, 0.717) is 0 Å². The van der Waals surface area contributed by atoms with Gasteiger partial charge in [0.1, 0.15) is 6.61 Å². The molecule has 0 aromatic rings. The van der Waals surface area contributed by atoms with Crippen LogP contribution in [0.2, 0.25) is 0 Å². The second-order valence-corrected chi connectivity index (χ2v) is 5.70. The first kappa shape index (κ1) is 13.7. The Balaban J connectivity index is 4.12.